The molecule has 1 aliphatic rings. The summed E-state index contributed by atoms with van der Waals surface area (Å²) >= 11 is 0. The van der Waals surface area contributed by atoms with Crippen LogP contribution in [-0.4, -0.2) is 31.1 Å². The molecule has 4 rings (SSSR count). The van der Waals surface area contributed by atoms with Crippen LogP contribution in [0.2, 0.25) is 0 Å². The number of fused-ring (bicyclic) bond motifs is 1. The summed E-state index contributed by atoms with van der Waals surface area (Å²) in [6.45, 7) is -0.447. The molecule has 8 heteroatoms. The van der Waals surface area contributed by atoms with Crippen molar-refractivity contribution in [2.24, 2.45) is 0 Å². The number of aliphatic carboxylic acids is 1. The van der Waals surface area contributed by atoms with Gasteiger partial charge in [0.05, 0.1) is 16.6 Å². The van der Waals surface area contributed by atoms with Crippen molar-refractivity contribution < 1.29 is 23.1 Å². The number of benzene rings is 2. The van der Waals surface area contributed by atoms with Crippen molar-refractivity contribution in [3.8, 4) is 5.75 Å². The molecule has 0 radical (unpaired) electrons. The van der Waals surface area contributed by atoms with Gasteiger partial charge in [0.15, 0.2) is 6.61 Å². The van der Waals surface area contributed by atoms with Crippen LogP contribution in [0.1, 0.15) is 30.0 Å². The average molecular weight is 439 g/mol. The van der Waals surface area contributed by atoms with Crippen molar-refractivity contribution in [2.75, 3.05) is 10.9 Å². The Kier molecular flexibility index (Phi) is 5.90. The summed E-state index contributed by atoms with van der Waals surface area (Å²) in [7, 11) is -3.86. The normalized spacial score (nSPS) is 15.7. The second kappa shape index (κ2) is 8.77. The second-order valence-electron chi connectivity index (χ2n) is 7.23. The fraction of sp³-hybridized carbons (Fsp3) is 0.217. The quantitative estimate of drug-likeness (QED) is 0.602. The fourth-order valence-corrected chi connectivity index (χ4v) is 5.67. The van der Waals surface area contributed by atoms with E-state index in [9.17, 15) is 13.2 Å². The maximum Gasteiger partial charge on any atom is 0.341 e. The maximum absolute atomic E-state index is 13.7. The van der Waals surface area contributed by atoms with Gasteiger partial charge in [-0.1, -0.05) is 30.3 Å². The fourth-order valence-electron chi connectivity index (χ4n) is 3.99. The van der Waals surface area contributed by atoms with Gasteiger partial charge in [0.25, 0.3) is 10.0 Å². The van der Waals surface area contributed by atoms with Crippen molar-refractivity contribution in [3.05, 3.63) is 84.2 Å². The molecule has 0 spiro atoms. The third-order valence-electron chi connectivity index (χ3n) is 5.28. The van der Waals surface area contributed by atoms with Gasteiger partial charge in [-0.05, 0) is 60.7 Å². The maximum atomic E-state index is 13.7. The number of hydrogen-bond donors (Lipinski definition) is 1. The molecular formula is C23H22N2O5S. The molecule has 1 heterocycles. The Morgan fingerprint density at radius 2 is 1.81 bits per heavy atom. The minimum absolute atomic E-state index is 0.206. The van der Waals surface area contributed by atoms with Crippen LogP contribution in [0.25, 0.3) is 0 Å². The Labute approximate surface area is 181 Å². The molecule has 1 atom stereocenters. The van der Waals surface area contributed by atoms with E-state index >= 15 is 0 Å². The predicted octanol–water partition coefficient (Wildman–Crippen LogP) is 3.82. The third kappa shape index (κ3) is 4.25. The first kappa shape index (κ1) is 20.9. The predicted molar refractivity (Wildman–Crippen MR) is 116 cm³/mol. The Morgan fingerprint density at radius 3 is 2.52 bits per heavy atom. The molecule has 160 valence electrons. The first-order valence-corrected chi connectivity index (χ1v) is 11.4. The lowest BCUT2D eigenvalue weighted by Crippen LogP contribution is -2.37. The lowest BCUT2D eigenvalue weighted by atomic mass is 9.87. The van der Waals surface area contributed by atoms with E-state index in [1.54, 1.807) is 67.0 Å². The van der Waals surface area contributed by atoms with Crippen LogP contribution in [0.15, 0.2) is 78.0 Å². The van der Waals surface area contributed by atoms with Gasteiger partial charge in [0.1, 0.15) is 5.75 Å². The molecule has 1 unspecified atom stereocenters. The van der Waals surface area contributed by atoms with E-state index in [-0.39, 0.29) is 4.90 Å². The molecule has 0 fully saturated rings. The van der Waals surface area contributed by atoms with Crippen LogP contribution >= 0.6 is 0 Å². The van der Waals surface area contributed by atoms with Crippen molar-refractivity contribution >= 4 is 21.7 Å². The summed E-state index contributed by atoms with van der Waals surface area (Å²) in [5.41, 5.74) is 2.20. The van der Waals surface area contributed by atoms with Gasteiger partial charge in [-0.25, -0.2) is 13.2 Å². The van der Waals surface area contributed by atoms with E-state index in [0.29, 0.717) is 24.3 Å². The topological polar surface area (TPSA) is 96.8 Å². The molecule has 0 bridgehead atoms. The number of carboxylic acid groups (broad SMARTS) is 1. The van der Waals surface area contributed by atoms with Crippen molar-refractivity contribution in [1.82, 2.24) is 4.98 Å². The highest BCUT2D eigenvalue weighted by Crippen LogP contribution is 2.42. The largest absolute Gasteiger partial charge is 0.482 e. The molecule has 3 aromatic rings. The number of ether oxygens (including phenoxy) is 1. The van der Waals surface area contributed by atoms with Gasteiger partial charge in [0.2, 0.25) is 0 Å². The number of sulfonamides is 1. The SMILES string of the molecule is O=C(O)COc1cccc2c1CCCC2N(c1ccncc1)S(=O)(=O)c1ccccc1. The molecule has 0 saturated carbocycles. The van der Waals surface area contributed by atoms with Gasteiger partial charge < -0.3 is 9.84 Å². The number of hydrogen-bond acceptors (Lipinski definition) is 5. The minimum Gasteiger partial charge on any atom is -0.482 e. The van der Waals surface area contributed by atoms with Crippen LogP contribution in [-0.2, 0) is 21.2 Å². The summed E-state index contributed by atoms with van der Waals surface area (Å²) in [4.78, 5) is 15.2. The van der Waals surface area contributed by atoms with E-state index in [0.717, 1.165) is 17.5 Å². The zero-order valence-corrected chi connectivity index (χ0v) is 17.5. The number of nitrogens with zero attached hydrogens (tertiary/aromatic N) is 2. The zero-order chi connectivity index (χ0) is 21.8. The summed E-state index contributed by atoms with van der Waals surface area (Å²) < 4.78 is 34.4. The van der Waals surface area contributed by atoms with Crippen molar-refractivity contribution in [1.29, 1.82) is 0 Å². The number of rotatable bonds is 7. The zero-order valence-electron chi connectivity index (χ0n) is 16.7. The molecule has 1 N–H and O–H groups in total. The number of aromatic nitrogens is 1. The average Bonchev–Trinajstić information content (AvgIpc) is 2.79. The number of pyridine rings is 1. The van der Waals surface area contributed by atoms with E-state index in [1.165, 1.54) is 4.31 Å². The van der Waals surface area contributed by atoms with E-state index in [4.69, 9.17) is 9.84 Å². The van der Waals surface area contributed by atoms with E-state index in [1.807, 2.05) is 6.07 Å². The van der Waals surface area contributed by atoms with Gasteiger partial charge in [-0.15, -0.1) is 0 Å². The first-order valence-electron chi connectivity index (χ1n) is 9.94. The highest BCUT2D eigenvalue weighted by Gasteiger charge is 2.36. The number of carbonyl (C=O) groups is 1. The Bertz CT molecular complexity index is 1170. The molecule has 2 aromatic carbocycles. The monoisotopic (exact) mass is 438 g/mol. The molecular weight excluding hydrogens is 416 g/mol. The summed E-state index contributed by atoms with van der Waals surface area (Å²) in [5, 5.41) is 8.98. The van der Waals surface area contributed by atoms with Crippen LogP contribution in [0.4, 0.5) is 5.69 Å². The standard InChI is InChI=1S/C23H22N2O5S/c26-23(27)16-30-22-11-5-8-19-20(22)9-4-10-21(19)25(17-12-14-24-15-13-17)31(28,29)18-6-2-1-3-7-18/h1-3,5-8,11-15,21H,4,9-10,16H2,(H,26,27). The van der Waals surface area contributed by atoms with Crippen LogP contribution in [0, 0.1) is 0 Å². The van der Waals surface area contributed by atoms with Gasteiger partial charge >= 0.3 is 5.97 Å². The van der Waals surface area contributed by atoms with E-state index in [2.05, 4.69) is 4.98 Å². The Hall–Kier alpha value is -3.39. The van der Waals surface area contributed by atoms with Gasteiger partial charge in [0, 0.05) is 12.4 Å². The highest BCUT2D eigenvalue weighted by atomic mass is 32.2. The summed E-state index contributed by atoms with van der Waals surface area (Å²) in [6.07, 6.45) is 5.20. The highest BCUT2D eigenvalue weighted by molar-refractivity contribution is 7.92. The Balaban J connectivity index is 1.83. The molecule has 0 amide bonds. The number of anilines is 1. The van der Waals surface area contributed by atoms with Crippen LogP contribution in [0.3, 0.4) is 0 Å². The van der Waals surface area contributed by atoms with Gasteiger partial charge in [-0.2, -0.15) is 0 Å². The van der Waals surface area contributed by atoms with Crippen molar-refractivity contribution in [3.63, 3.8) is 0 Å². The molecule has 0 saturated heterocycles. The minimum atomic E-state index is -3.86. The first-order chi connectivity index (χ1) is 15.0. The Morgan fingerprint density at radius 1 is 1.06 bits per heavy atom. The molecule has 1 aliphatic carbocycles. The third-order valence-corrected chi connectivity index (χ3v) is 7.14. The van der Waals surface area contributed by atoms with Crippen LogP contribution in [0.5, 0.6) is 5.75 Å². The molecule has 7 nitrogen and oxygen atoms in total. The van der Waals surface area contributed by atoms with Crippen molar-refractivity contribution in [2.45, 2.75) is 30.2 Å². The lowest BCUT2D eigenvalue weighted by molar-refractivity contribution is -0.139. The molecule has 0 aliphatic heterocycles. The van der Waals surface area contributed by atoms with E-state index < -0.39 is 28.6 Å². The van der Waals surface area contributed by atoms with Gasteiger partial charge in [-0.3, -0.25) is 9.29 Å². The molecule has 31 heavy (non-hydrogen) atoms. The summed E-state index contributed by atoms with van der Waals surface area (Å²) in [6, 6.07) is 16.6. The smallest absolute Gasteiger partial charge is 0.341 e. The molecule has 1 aromatic heterocycles. The lowest BCUT2D eigenvalue weighted by Gasteiger charge is -2.37. The summed E-state index contributed by atoms with van der Waals surface area (Å²) in [5.74, 6) is -0.577. The second-order valence-corrected chi connectivity index (χ2v) is 9.05. The van der Waals surface area contributed by atoms with Crippen LogP contribution < -0.4 is 9.04 Å². The number of carboxylic acids is 1.